The molecule has 0 aliphatic carbocycles. The lowest BCUT2D eigenvalue weighted by molar-refractivity contribution is 0.174. The molecule has 0 amide bonds. The highest BCUT2D eigenvalue weighted by molar-refractivity contribution is 5.48. The minimum Gasteiger partial charge on any atom is -0.454 e. The first-order valence-corrected chi connectivity index (χ1v) is 6.56. The Kier molecular flexibility index (Phi) is 3.27. The molecule has 0 atom stereocenters. The van der Waals surface area contributed by atoms with Gasteiger partial charge in [0.25, 0.3) is 0 Å². The van der Waals surface area contributed by atoms with E-state index in [0.717, 1.165) is 30.2 Å². The highest BCUT2D eigenvalue weighted by atomic mass is 16.7. The second-order valence-corrected chi connectivity index (χ2v) is 4.59. The summed E-state index contributed by atoms with van der Waals surface area (Å²) in [6.07, 6.45) is 1.07. The van der Waals surface area contributed by atoms with Crippen molar-refractivity contribution in [1.82, 2.24) is 0 Å². The largest absolute Gasteiger partial charge is 0.454 e. The fraction of sp³-hybridized carbons (Fsp3) is 0.250. The van der Waals surface area contributed by atoms with Gasteiger partial charge in [0.15, 0.2) is 11.5 Å². The van der Waals surface area contributed by atoms with E-state index in [2.05, 4.69) is 42.6 Å². The van der Waals surface area contributed by atoms with Crippen molar-refractivity contribution < 1.29 is 9.47 Å². The fourth-order valence-electron chi connectivity index (χ4n) is 2.11. The van der Waals surface area contributed by atoms with Crippen LogP contribution < -0.4 is 14.8 Å². The van der Waals surface area contributed by atoms with Gasteiger partial charge in [-0.3, -0.25) is 0 Å². The lowest BCUT2D eigenvalue weighted by Gasteiger charge is -2.08. The zero-order valence-corrected chi connectivity index (χ0v) is 11.0. The third-order valence-corrected chi connectivity index (χ3v) is 3.30. The van der Waals surface area contributed by atoms with Crippen LogP contribution >= 0.6 is 0 Å². The van der Waals surface area contributed by atoms with Crippen molar-refractivity contribution in [3.8, 4) is 11.5 Å². The summed E-state index contributed by atoms with van der Waals surface area (Å²) in [5, 5.41) is 3.41. The van der Waals surface area contributed by atoms with E-state index in [0.29, 0.717) is 6.79 Å². The summed E-state index contributed by atoms with van der Waals surface area (Å²) in [5.74, 6) is 1.66. The summed E-state index contributed by atoms with van der Waals surface area (Å²) >= 11 is 0. The van der Waals surface area contributed by atoms with Gasteiger partial charge in [-0.25, -0.2) is 0 Å². The number of hydrogen-bond donors (Lipinski definition) is 1. The van der Waals surface area contributed by atoms with Gasteiger partial charge in [-0.1, -0.05) is 25.1 Å². The van der Waals surface area contributed by atoms with E-state index in [1.165, 1.54) is 11.1 Å². The molecule has 0 radical (unpaired) electrons. The molecule has 3 nitrogen and oxygen atoms in total. The van der Waals surface area contributed by atoms with Gasteiger partial charge in [0, 0.05) is 12.2 Å². The molecule has 2 aromatic rings. The van der Waals surface area contributed by atoms with Crippen LogP contribution in [0.5, 0.6) is 11.5 Å². The first-order valence-electron chi connectivity index (χ1n) is 6.56. The molecule has 1 aliphatic heterocycles. The van der Waals surface area contributed by atoms with E-state index in [-0.39, 0.29) is 0 Å². The minimum atomic E-state index is 0.324. The molecule has 0 saturated heterocycles. The molecule has 0 bridgehead atoms. The molecule has 1 N–H and O–H groups in total. The van der Waals surface area contributed by atoms with E-state index in [1.54, 1.807) is 0 Å². The van der Waals surface area contributed by atoms with Crippen LogP contribution in [0.15, 0.2) is 42.5 Å². The van der Waals surface area contributed by atoms with Crippen LogP contribution in [-0.4, -0.2) is 6.79 Å². The first-order chi connectivity index (χ1) is 9.35. The average Bonchev–Trinajstić information content (AvgIpc) is 2.93. The Hall–Kier alpha value is -2.16. The van der Waals surface area contributed by atoms with Crippen molar-refractivity contribution in [1.29, 1.82) is 0 Å². The van der Waals surface area contributed by atoms with Crippen molar-refractivity contribution in [2.24, 2.45) is 0 Å². The first kappa shape index (κ1) is 11.9. The molecule has 3 rings (SSSR count). The topological polar surface area (TPSA) is 30.5 Å². The van der Waals surface area contributed by atoms with Crippen molar-refractivity contribution in [3.05, 3.63) is 53.6 Å². The zero-order chi connectivity index (χ0) is 13.1. The van der Waals surface area contributed by atoms with E-state index in [9.17, 15) is 0 Å². The summed E-state index contributed by atoms with van der Waals surface area (Å²) in [6, 6.07) is 14.6. The summed E-state index contributed by atoms with van der Waals surface area (Å²) in [4.78, 5) is 0. The molecule has 0 fully saturated rings. The maximum atomic E-state index is 5.37. The normalized spacial score (nSPS) is 12.5. The summed E-state index contributed by atoms with van der Waals surface area (Å²) in [7, 11) is 0. The second kappa shape index (κ2) is 5.22. The van der Waals surface area contributed by atoms with Crippen LogP contribution in [0.2, 0.25) is 0 Å². The summed E-state index contributed by atoms with van der Waals surface area (Å²) in [6.45, 7) is 3.27. The van der Waals surface area contributed by atoms with Gasteiger partial charge in [0.2, 0.25) is 6.79 Å². The Morgan fingerprint density at radius 2 is 1.68 bits per heavy atom. The summed E-state index contributed by atoms with van der Waals surface area (Å²) in [5.41, 5.74) is 3.67. The van der Waals surface area contributed by atoms with Crippen LogP contribution in [0.25, 0.3) is 0 Å². The monoisotopic (exact) mass is 255 g/mol. The molecule has 0 spiro atoms. The Bertz CT molecular complexity index is 563. The molecule has 2 aromatic carbocycles. The fourth-order valence-corrected chi connectivity index (χ4v) is 2.11. The summed E-state index contributed by atoms with van der Waals surface area (Å²) < 4.78 is 10.7. The lowest BCUT2D eigenvalue weighted by atomic mass is 10.1. The number of nitrogens with one attached hydrogen (secondary N) is 1. The van der Waals surface area contributed by atoms with E-state index < -0.39 is 0 Å². The zero-order valence-electron chi connectivity index (χ0n) is 11.0. The SMILES string of the molecule is CCc1ccc(NCc2ccc3c(c2)OCO3)cc1. The van der Waals surface area contributed by atoms with E-state index >= 15 is 0 Å². The molecule has 98 valence electrons. The number of rotatable bonds is 4. The Balaban J connectivity index is 1.65. The molecule has 3 heteroatoms. The second-order valence-electron chi connectivity index (χ2n) is 4.59. The van der Waals surface area contributed by atoms with Crippen LogP contribution in [0, 0.1) is 0 Å². The molecule has 0 saturated carbocycles. The van der Waals surface area contributed by atoms with Crippen molar-refractivity contribution >= 4 is 5.69 Å². The van der Waals surface area contributed by atoms with Gasteiger partial charge in [0.1, 0.15) is 0 Å². The van der Waals surface area contributed by atoms with Crippen LogP contribution in [0.1, 0.15) is 18.1 Å². The number of benzene rings is 2. The highest BCUT2D eigenvalue weighted by Crippen LogP contribution is 2.32. The van der Waals surface area contributed by atoms with Crippen molar-refractivity contribution in [2.45, 2.75) is 19.9 Å². The minimum absolute atomic E-state index is 0.324. The molecule has 0 unspecified atom stereocenters. The molecular formula is C16H17NO2. The highest BCUT2D eigenvalue weighted by Gasteiger charge is 2.12. The lowest BCUT2D eigenvalue weighted by Crippen LogP contribution is -1.99. The smallest absolute Gasteiger partial charge is 0.231 e. The maximum Gasteiger partial charge on any atom is 0.231 e. The Morgan fingerprint density at radius 1 is 0.947 bits per heavy atom. The number of aryl methyl sites for hydroxylation is 1. The van der Waals surface area contributed by atoms with Gasteiger partial charge in [0.05, 0.1) is 0 Å². The van der Waals surface area contributed by atoms with Gasteiger partial charge in [-0.2, -0.15) is 0 Å². The van der Waals surface area contributed by atoms with Gasteiger partial charge in [-0.05, 0) is 41.8 Å². The van der Waals surface area contributed by atoms with E-state index in [1.807, 2.05) is 12.1 Å². The number of fused-ring (bicyclic) bond motifs is 1. The quantitative estimate of drug-likeness (QED) is 0.905. The average molecular weight is 255 g/mol. The van der Waals surface area contributed by atoms with Crippen molar-refractivity contribution in [2.75, 3.05) is 12.1 Å². The number of ether oxygens (including phenoxy) is 2. The number of anilines is 1. The molecule has 0 aromatic heterocycles. The molecule has 1 heterocycles. The van der Waals surface area contributed by atoms with Gasteiger partial charge < -0.3 is 14.8 Å². The van der Waals surface area contributed by atoms with Crippen molar-refractivity contribution in [3.63, 3.8) is 0 Å². The van der Waals surface area contributed by atoms with Crippen LogP contribution in [-0.2, 0) is 13.0 Å². The third kappa shape index (κ3) is 2.65. The Labute approximate surface area is 113 Å². The molecule has 1 aliphatic rings. The predicted molar refractivity (Wildman–Crippen MR) is 75.7 cm³/mol. The van der Waals surface area contributed by atoms with Gasteiger partial charge in [-0.15, -0.1) is 0 Å². The number of hydrogen-bond acceptors (Lipinski definition) is 3. The molecule has 19 heavy (non-hydrogen) atoms. The van der Waals surface area contributed by atoms with Gasteiger partial charge >= 0.3 is 0 Å². The Morgan fingerprint density at radius 3 is 2.47 bits per heavy atom. The third-order valence-electron chi connectivity index (χ3n) is 3.30. The maximum absolute atomic E-state index is 5.37. The van der Waals surface area contributed by atoms with Crippen LogP contribution in [0.4, 0.5) is 5.69 Å². The molecular weight excluding hydrogens is 238 g/mol. The predicted octanol–water partition coefficient (Wildman–Crippen LogP) is 3.59. The standard InChI is InChI=1S/C16H17NO2/c1-2-12-3-6-14(7-4-12)17-10-13-5-8-15-16(9-13)19-11-18-15/h3-9,17H,2,10-11H2,1H3. The van der Waals surface area contributed by atoms with E-state index in [4.69, 9.17) is 9.47 Å². The van der Waals surface area contributed by atoms with Crippen LogP contribution in [0.3, 0.4) is 0 Å².